The molecule has 1 amide bonds. The molecular formula is C16H29N5O. The first-order valence-electron chi connectivity index (χ1n) is 7.83. The quantitative estimate of drug-likeness (QED) is 0.452. The van der Waals surface area contributed by atoms with Gasteiger partial charge in [0.15, 0.2) is 5.96 Å². The van der Waals surface area contributed by atoms with Crippen LogP contribution in [0.4, 0.5) is 0 Å². The summed E-state index contributed by atoms with van der Waals surface area (Å²) >= 11 is 0. The molecule has 0 aliphatic carbocycles. The summed E-state index contributed by atoms with van der Waals surface area (Å²) in [5.74, 6) is 0.928. The highest BCUT2D eigenvalue weighted by molar-refractivity contribution is 5.80. The molecule has 1 heterocycles. The lowest BCUT2D eigenvalue weighted by Gasteiger charge is -2.22. The summed E-state index contributed by atoms with van der Waals surface area (Å²) in [6.45, 7) is 8.55. The molecule has 0 atom stereocenters. The summed E-state index contributed by atoms with van der Waals surface area (Å²) in [6.07, 6.45) is 2.04. The van der Waals surface area contributed by atoms with Gasteiger partial charge in [-0.05, 0) is 19.1 Å². The van der Waals surface area contributed by atoms with Gasteiger partial charge in [-0.2, -0.15) is 0 Å². The average molecular weight is 307 g/mol. The molecule has 0 aliphatic rings. The molecule has 6 nitrogen and oxygen atoms in total. The van der Waals surface area contributed by atoms with Crippen LogP contribution in [0.5, 0.6) is 0 Å². The molecular weight excluding hydrogens is 278 g/mol. The molecule has 6 heteroatoms. The number of nitrogens with zero attached hydrogens (tertiary/aromatic N) is 3. The second-order valence-electron chi connectivity index (χ2n) is 5.65. The predicted molar refractivity (Wildman–Crippen MR) is 90.7 cm³/mol. The molecule has 124 valence electrons. The van der Waals surface area contributed by atoms with E-state index < -0.39 is 0 Å². The second kappa shape index (κ2) is 9.12. The van der Waals surface area contributed by atoms with Crippen LogP contribution in [0.1, 0.15) is 26.5 Å². The molecule has 1 aromatic heterocycles. The molecule has 0 saturated heterocycles. The van der Waals surface area contributed by atoms with Gasteiger partial charge in [-0.15, -0.1) is 0 Å². The fourth-order valence-corrected chi connectivity index (χ4v) is 1.99. The van der Waals surface area contributed by atoms with Crippen molar-refractivity contribution >= 4 is 11.9 Å². The highest BCUT2D eigenvalue weighted by Crippen LogP contribution is 2.03. The maximum absolute atomic E-state index is 11.5. The van der Waals surface area contributed by atoms with Gasteiger partial charge in [-0.1, -0.05) is 13.8 Å². The topological polar surface area (TPSA) is 61.7 Å². The maximum Gasteiger partial charge on any atom is 0.222 e. The number of carbonyl (C=O) groups is 1. The van der Waals surface area contributed by atoms with Gasteiger partial charge in [-0.3, -0.25) is 9.79 Å². The lowest BCUT2D eigenvalue weighted by molar-refractivity contribution is -0.123. The van der Waals surface area contributed by atoms with Crippen molar-refractivity contribution in [2.45, 2.75) is 27.3 Å². The SMILES string of the molecule is CCNC(=NCCNC(=O)C(C)C)N(C)Cc1cccn1C. The Morgan fingerprint density at radius 3 is 2.68 bits per heavy atom. The first-order valence-corrected chi connectivity index (χ1v) is 7.83. The van der Waals surface area contributed by atoms with E-state index in [2.05, 4.69) is 31.2 Å². The standard InChI is InChI=1S/C16H29N5O/c1-6-17-16(19-10-9-18-15(22)13(2)3)21(5)12-14-8-7-11-20(14)4/h7-8,11,13H,6,9-10,12H2,1-5H3,(H,17,19)(H,18,22). The van der Waals surface area contributed by atoms with Crippen molar-refractivity contribution < 1.29 is 4.79 Å². The van der Waals surface area contributed by atoms with E-state index in [-0.39, 0.29) is 11.8 Å². The van der Waals surface area contributed by atoms with Crippen LogP contribution in [0.15, 0.2) is 23.3 Å². The molecule has 22 heavy (non-hydrogen) atoms. The van der Waals surface area contributed by atoms with Crippen LogP contribution in [0.2, 0.25) is 0 Å². The summed E-state index contributed by atoms with van der Waals surface area (Å²) in [5.41, 5.74) is 1.22. The molecule has 1 aromatic rings. The molecule has 1 rings (SSSR count). The Labute approximate surface area is 133 Å². The molecule has 0 radical (unpaired) electrons. The number of carbonyl (C=O) groups excluding carboxylic acids is 1. The van der Waals surface area contributed by atoms with Crippen molar-refractivity contribution in [1.82, 2.24) is 20.1 Å². The van der Waals surface area contributed by atoms with Gasteiger partial charge in [0, 0.05) is 45.0 Å². The van der Waals surface area contributed by atoms with Crippen LogP contribution in [0.3, 0.4) is 0 Å². The van der Waals surface area contributed by atoms with Crippen LogP contribution in [-0.4, -0.2) is 48.0 Å². The molecule has 2 N–H and O–H groups in total. The number of guanidine groups is 1. The summed E-state index contributed by atoms with van der Waals surface area (Å²) < 4.78 is 2.10. The number of aryl methyl sites for hydroxylation is 1. The Morgan fingerprint density at radius 1 is 1.41 bits per heavy atom. The summed E-state index contributed by atoms with van der Waals surface area (Å²) in [4.78, 5) is 18.2. The summed E-state index contributed by atoms with van der Waals surface area (Å²) in [6, 6.07) is 4.14. The molecule has 0 aromatic carbocycles. The van der Waals surface area contributed by atoms with Crippen LogP contribution in [0.25, 0.3) is 0 Å². The molecule has 0 saturated carbocycles. The third-order valence-corrected chi connectivity index (χ3v) is 3.34. The van der Waals surface area contributed by atoms with Crippen LogP contribution >= 0.6 is 0 Å². The van der Waals surface area contributed by atoms with E-state index in [1.165, 1.54) is 5.69 Å². The monoisotopic (exact) mass is 307 g/mol. The fourth-order valence-electron chi connectivity index (χ4n) is 1.99. The largest absolute Gasteiger partial charge is 0.357 e. The van der Waals surface area contributed by atoms with Crippen molar-refractivity contribution in [3.63, 3.8) is 0 Å². The summed E-state index contributed by atoms with van der Waals surface area (Å²) in [5, 5.41) is 6.16. The average Bonchev–Trinajstić information content (AvgIpc) is 2.87. The minimum atomic E-state index is 0.0113. The second-order valence-corrected chi connectivity index (χ2v) is 5.65. The minimum Gasteiger partial charge on any atom is -0.357 e. The molecule has 0 aliphatic heterocycles. The fraction of sp³-hybridized carbons (Fsp3) is 0.625. The smallest absolute Gasteiger partial charge is 0.222 e. The van der Waals surface area contributed by atoms with Crippen LogP contribution in [-0.2, 0) is 18.4 Å². The first kappa shape index (κ1) is 18.1. The third-order valence-electron chi connectivity index (χ3n) is 3.34. The maximum atomic E-state index is 11.5. The number of amides is 1. The van der Waals surface area contributed by atoms with Gasteiger partial charge in [0.05, 0.1) is 13.1 Å². The highest BCUT2D eigenvalue weighted by atomic mass is 16.1. The Balaban J connectivity index is 2.54. The van der Waals surface area contributed by atoms with E-state index in [9.17, 15) is 4.79 Å². The van der Waals surface area contributed by atoms with Gasteiger partial charge in [0.25, 0.3) is 0 Å². The zero-order chi connectivity index (χ0) is 16.5. The predicted octanol–water partition coefficient (Wildman–Crippen LogP) is 1.19. The van der Waals surface area contributed by atoms with Crippen molar-refractivity contribution in [3.8, 4) is 0 Å². The van der Waals surface area contributed by atoms with Gasteiger partial charge in [0.2, 0.25) is 5.91 Å². The van der Waals surface area contributed by atoms with Gasteiger partial charge < -0.3 is 20.1 Å². The normalized spacial score (nSPS) is 11.6. The Morgan fingerprint density at radius 2 is 2.14 bits per heavy atom. The van der Waals surface area contributed by atoms with E-state index in [0.29, 0.717) is 13.1 Å². The highest BCUT2D eigenvalue weighted by Gasteiger charge is 2.08. The number of hydrogen-bond acceptors (Lipinski definition) is 2. The van der Waals surface area contributed by atoms with E-state index in [1.54, 1.807) is 0 Å². The first-order chi connectivity index (χ1) is 10.5. The van der Waals surface area contributed by atoms with Crippen molar-refractivity contribution in [2.75, 3.05) is 26.7 Å². The molecule has 0 bridgehead atoms. The van der Waals surface area contributed by atoms with Crippen LogP contribution < -0.4 is 10.6 Å². The number of aromatic nitrogens is 1. The van der Waals surface area contributed by atoms with E-state index in [1.807, 2.05) is 47.1 Å². The van der Waals surface area contributed by atoms with E-state index in [0.717, 1.165) is 19.0 Å². The Bertz CT molecular complexity index is 492. The number of rotatable bonds is 7. The lowest BCUT2D eigenvalue weighted by atomic mass is 10.2. The number of hydrogen-bond donors (Lipinski definition) is 2. The van der Waals surface area contributed by atoms with E-state index >= 15 is 0 Å². The molecule has 0 unspecified atom stereocenters. The lowest BCUT2D eigenvalue weighted by Crippen LogP contribution is -2.39. The van der Waals surface area contributed by atoms with Gasteiger partial charge in [-0.25, -0.2) is 0 Å². The Kier molecular flexibility index (Phi) is 7.49. The minimum absolute atomic E-state index is 0.0113. The number of aliphatic imine (C=N–C) groups is 1. The van der Waals surface area contributed by atoms with Crippen molar-refractivity contribution in [3.05, 3.63) is 24.0 Å². The van der Waals surface area contributed by atoms with Gasteiger partial charge in [0.1, 0.15) is 0 Å². The van der Waals surface area contributed by atoms with Gasteiger partial charge >= 0.3 is 0 Å². The zero-order valence-electron chi connectivity index (χ0n) is 14.4. The third kappa shape index (κ3) is 5.79. The van der Waals surface area contributed by atoms with Crippen molar-refractivity contribution in [2.24, 2.45) is 18.0 Å². The molecule has 0 fully saturated rings. The van der Waals surface area contributed by atoms with E-state index in [4.69, 9.17) is 0 Å². The number of nitrogens with one attached hydrogen (secondary N) is 2. The molecule has 0 spiro atoms. The zero-order valence-corrected chi connectivity index (χ0v) is 14.4. The Hall–Kier alpha value is -1.98. The van der Waals surface area contributed by atoms with Crippen molar-refractivity contribution in [1.29, 1.82) is 0 Å². The van der Waals surface area contributed by atoms with Crippen LogP contribution in [0, 0.1) is 5.92 Å². The summed E-state index contributed by atoms with van der Waals surface area (Å²) in [7, 11) is 4.05.